The Morgan fingerprint density at radius 3 is 2.58 bits per heavy atom. The van der Waals surface area contributed by atoms with Gasteiger partial charge in [-0.3, -0.25) is 9.59 Å². The summed E-state index contributed by atoms with van der Waals surface area (Å²) in [6, 6.07) is 8.15. The van der Waals surface area contributed by atoms with Gasteiger partial charge in [-0.25, -0.2) is 0 Å². The van der Waals surface area contributed by atoms with E-state index in [1.807, 2.05) is 29.2 Å². The first-order chi connectivity index (χ1) is 11.5. The fourth-order valence-electron chi connectivity index (χ4n) is 3.94. The molecule has 4 heteroatoms. The number of hydrogen-bond donors (Lipinski definition) is 1. The summed E-state index contributed by atoms with van der Waals surface area (Å²) >= 11 is 0. The largest absolute Gasteiger partial charge is 0.353 e. The van der Waals surface area contributed by atoms with Gasteiger partial charge < -0.3 is 10.2 Å². The molecule has 1 N–H and O–H groups in total. The number of carbonyl (C=O) groups excluding carboxylic acids is 2. The number of hydrogen-bond acceptors (Lipinski definition) is 2. The number of benzene rings is 1. The molecular weight excluding hydrogens is 300 g/mol. The molecule has 1 saturated heterocycles. The molecule has 130 valence electrons. The zero-order valence-electron chi connectivity index (χ0n) is 14.8. The molecule has 2 aliphatic rings. The average Bonchev–Trinajstić information content (AvgIpc) is 2.99. The van der Waals surface area contributed by atoms with E-state index in [-0.39, 0.29) is 11.8 Å². The van der Waals surface area contributed by atoms with Crippen LogP contribution in [0.3, 0.4) is 0 Å². The average molecular weight is 328 g/mol. The van der Waals surface area contributed by atoms with Gasteiger partial charge in [-0.1, -0.05) is 38.8 Å². The highest BCUT2D eigenvalue weighted by Gasteiger charge is 2.28. The second-order valence-corrected chi connectivity index (χ2v) is 7.43. The van der Waals surface area contributed by atoms with Crippen molar-refractivity contribution in [2.75, 3.05) is 11.4 Å². The first-order valence-electron chi connectivity index (χ1n) is 9.23. The maximum Gasteiger partial charge on any atom is 0.227 e. The summed E-state index contributed by atoms with van der Waals surface area (Å²) in [4.78, 5) is 26.0. The molecule has 1 aliphatic carbocycles. The van der Waals surface area contributed by atoms with Crippen LogP contribution in [-0.4, -0.2) is 24.4 Å². The van der Waals surface area contributed by atoms with Gasteiger partial charge >= 0.3 is 0 Å². The van der Waals surface area contributed by atoms with Crippen LogP contribution in [0.15, 0.2) is 24.3 Å². The maximum atomic E-state index is 12.4. The first kappa shape index (κ1) is 17.0. The summed E-state index contributed by atoms with van der Waals surface area (Å²) in [5.41, 5.74) is 1.94. The van der Waals surface area contributed by atoms with Crippen molar-refractivity contribution < 1.29 is 9.59 Å². The van der Waals surface area contributed by atoms with Crippen LogP contribution in [0.4, 0.5) is 5.69 Å². The second kappa shape index (κ2) is 7.37. The zero-order chi connectivity index (χ0) is 17.1. The summed E-state index contributed by atoms with van der Waals surface area (Å²) in [7, 11) is 0. The fraction of sp³-hybridized carbons (Fsp3) is 0.600. The van der Waals surface area contributed by atoms with Crippen LogP contribution in [0.2, 0.25) is 0 Å². The van der Waals surface area contributed by atoms with E-state index in [1.54, 1.807) is 0 Å². The van der Waals surface area contributed by atoms with E-state index in [4.69, 9.17) is 0 Å². The number of rotatable bonds is 4. The third-order valence-electron chi connectivity index (χ3n) is 5.74. The molecule has 1 aromatic carbocycles. The lowest BCUT2D eigenvalue weighted by molar-refractivity contribution is -0.122. The number of nitrogens with one attached hydrogen (secondary N) is 1. The molecular formula is C20H28N2O2. The minimum absolute atomic E-state index is 0.103. The van der Waals surface area contributed by atoms with Gasteiger partial charge in [0.05, 0.1) is 6.42 Å². The Morgan fingerprint density at radius 2 is 1.92 bits per heavy atom. The number of nitrogens with zero attached hydrogens (tertiary/aromatic N) is 1. The Hall–Kier alpha value is -1.84. The third-order valence-corrected chi connectivity index (χ3v) is 5.74. The number of amides is 2. The Balaban J connectivity index is 1.55. The predicted molar refractivity (Wildman–Crippen MR) is 95.8 cm³/mol. The predicted octanol–water partition coefficient (Wildman–Crippen LogP) is 3.30. The molecule has 1 aliphatic heterocycles. The van der Waals surface area contributed by atoms with Crippen molar-refractivity contribution in [2.24, 2.45) is 11.8 Å². The SMILES string of the molecule is C[C@@H]1[C@H](C)CCC[C@H]1NC(=O)Cc1ccc(N2CCCC2=O)cc1. The van der Waals surface area contributed by atoms with E-state index < -0.39 is 0 Å². The quantitative estimate of drug-likeness (QED) is 0.922. The second-order valence-electron chi connectivity index (χ2n) is 7.43. The van der Waals surface area contributed by atoms with Gasteiger partial charge in [-0.05, 0) is 42.4 Å². The lowest BCUT2D eigenvalue weighted by Crippen LogP contribution is -2.44. The van der Waals surface area contributed by atoms with Crippen molar-refractivity contribution in [3.8, 4) is 0 Å². The summed E-state index contributed by atoms with van der Waals surface area (Å²) in [6.07, 6.45) is 5.54. The normalized spacial score (nSPS) is 27.3. The molecule has 1 saturated carbocycles. The monoisotopic (exact) mass is 328 g/mol. The van der Waals surface area contributed by atoms with Crippen LogP contribution in [0, 0.1) is 11.8 Å². The Kier molecular flexibility index (Phi) is 5.22. The fourth-order valence-corrected chi connectivity index (χ4v) is 3.94. The zero-order valence-corrected chi connectivity index (χ0v) is 14.8. The Bertz CT molecular complexity index is 596. The van der Waals surface area contributed by atoms with Crippen molar-refractivity contribution >= 4 is 17.5 Å². The molecule has 4 nitrogen and oxygen atoms in total. The van der Waals surface area contributed by atoms with Crippen LogP contribution in [0.25, 0.3) is 0 Å². The van der Waals surface area contributed by atoms with Crippen molar-refractivity contribution in [1.82, 2.24) is 5.32 Å². The van der Waals surface area contributed by atoms with Gasteiger partial charge in [0, 0.05) is 24.7 Å². The molecule has 0 unspecified atom stereocenters. The van der Waals surface area contributed by atoms with Crippen LogP contribution in [0.5, 0.6) is 0 Å². The van der Waals surface area contributed by atoms with Crippen LogP contribution >= 0.6 is 0 Å². The van der Waals surface area contributed by atoms with E-state index in [0.717, 1.165) is 30.6 Å². The van der Waals surface area contributed by atoms with Crippen LogP contribution < -0.4 is 10.2 Å². The van der Waals surface area contributed by atoms with Crippen molar-refractivity contribution in [3.05, 3.63) is 29.8 Å². The van der Waals surface area contributed by atoms with Crippen LogP contribution in [0.1, 0.15) is 51.5 Å². The van der Waals surface area contributed by atoms with Gasteiger partial charge in [0.25, 0.3) is 0 Å². The molecule has 0 aromatic heterocycles. The molecule has 1 heterocycles. The molecule has 2 amide bonds. The van der Waals surface area contributed by atoms with Gasteiger partial charge in [-0.2, -0.15) is 0 Å². The van der Waals surface area contributed by atoms with Crippen molar-refractivity contribution in [3.63, 3.8) is 0 Å². The summed E-state index contributed by atoms with van der Waals surface area (Å²) < 4.78 is 0. The smallest absolute Gasteiger partial charge is 0.227 e. The Morgan fingerprint density at radius 1 is 1.17 bits per heavy atom. The highest BCUT2D eigenvalue weighted by atomic mass is 16.2. The van der Waals surface area contributed by atoms with E-state index in [9.17, 15) is 9.59 Å². The van der Waals surface area contributed by atoms with Crippen molar-refractivity contribution in [2.45, 2.75) is 58.4 Å². The Labute approximate surface area is 144 Å². The highest BCUT2D eigenvalue weighted by molar-refractivity contribution is 5.95. The number of anilines is 1. The molecule has 3 atom stereocenters. The molecule has 24 heavy (non-hydrogen) atoms. The molecule has 2 fully saturated rings. The first-order valence-corrected chi connectivity index (χ1v) is 9.23. The van der Waals surface area contributed by atoms with E-state index in [0.29, 0.717) is 30.7 Å². The highest BCUT2D eigenvalue weighted by Crippen LogP contribution is 2.29. The topological polar surface area (TPSA) is 49.4 Å². The van der Waals surface area contributed by atoms with Crippen LogP contribution in [-0.2, 0) is 16.0 Å². The van der Waals surface area contributed by atoms with E-state index in [1.165, 1.54) is 12.8 Å². The lowest BCUT2D eigenvalue weighted by atomic mass is 9.78. The molecule has 0 bridgehead atoms. The summed E-state index contributed by atoms with van der Waals surface area (Å²) in [6.45, 7) is 5.33. The molecule has 0 spiro atoms. The van der Waals surface area contributed by atoms with Gasteiger partial charge in [0.1, 0.15) is 0 Å². The molecule has 3 rings (SSSR count). The van der Waals surface area contributed by atoms with Gasteiger partial charge in [-0.15, -0.1) is 0 Å². The standard InChI is InChI=1S/C20H28N2O2/c1-14-5-3-6-18(15(14)2)21-19(23)13-16-8-10-17(11-9-16)22-12-4-7-20(22)24/h8-11,14-15,18H,3-7,12-13H2,1-2H3,(H,21,23)/t14-,15-,18-/m1/s1. The van der Waals surface area contributed by atoms with Crippen molar-refractivity contribution in [1.29, 1.82) is 0 Å². The lowest BCUT2D eigenvalue weighted by Gasteiger charge is -2.34. The molecule has 0 radical (unpaired) electrons. The minimum Gasteiger partial charge on any atom is -0.353 e. The van der Waals surface area contributed by atoms with Gasteiger partial charge in [0.15, 0.2) is 0 Å². The summed E-state index contributed by atoms with van der Waals surface area (Å²) in [5.74, 6) is 1.53. The van der Waals surface area contributed by atoms with Gasteiger partial charge in [0.2, 0.25) is 11.8 Å². The summed E-state index contributed by atoms with van der Waals surface area (Å²) in [5, 5.41) is 3.22. The maximum absolute atomic E-state index is 12.4. The van der Waals surface area contributed by atoms with E-state index in [2.05, 4.69) is 19.2 Å². The minimum atomic E-state index is 0.103. The molecule has 1 aromatic rings. The third kappa shape index (κ3) is 3.80. The van der Waals surface area contributed by atoms with E-state index >= 15 is 0 Å². The number of carbonyl (C=O) groups is 2.